The fourth-order valence-corrected chi connectivity index (χ4v) is 1.66. The van der Waals surface area contributed by atoms with Crippen molar-refractivity contribution in [3.63, 3.8) is 0 Å². The van der Waals surface area contributed by atoms with Gasteiger partial charge < -0.3 is 9.67 Å². The first kappa shape index (κ1) is 10.6. The van der Waals surface area contributed by atoms with Gasteiger partial charge in [-0.3, -0.25) is 0 Å². The second kappa shape index (κ2) is 4.27. The van der Waals surface area contributed by atoms with Crippen LogP contribution in [0.25, 0.3) is 0 Å². The molecule has 0 aliphatic heterocycles. The molecule has 0 aliphatic carbocycles. The van der Waals surface area contributed by atoms with E-state index in [0.29, 0.717) is 10.3 Å². The number of hydrogen-bond acceptors (Lipinski definition) is 6. The molecule has 8 heteroatoms. The van der Waals surface area contributed by atoms with Gasteiger partial charge in [-0.2, -0.15) is 0 Å². The third-order valence-electron chi connectivity index (χ3n) is 1.71. The largest absolute Gasteiger partial charge is 0.477 e. The van der Waals surface area contributed by atoms with Gasteiger partial charge in [-0.25, -0.2) is 14.8 Å². The van der Waals surface area contributed by atoms with Crippen LogP contribution < -0.4 is 0 Å². The number of aromatic carboxylic acids is 1. The SMILES string of the molecule is Cn1cnnc1Sc1nccc(C(=O)O)n1. The molecule has 2 rings (SSSR count). The number of hydrogen-bond donors (Lipinski definition) is 1. The molecule has 2 aromatic heterocycles. The highest BCUT2D eigenvalue weighted by atomic mass is 32.2. The smallest absolute Gasteiger partial charge is 0.354 e. The highest BCUT2D eigenvalue weighted by Gasteiger charge is 2.09. The molecule has 2 aromatic rings. The predicted molar refractivity (Wildman–Crippen MR) is 54.1 cm³/mol. The second-order valence-corrected chi connectivity index (χ2v) is 3.79. The monoisotopic (exact) mass is 237 g/mol. The summed E-state index contributed by atoms with van der Waals surface area (Å²) in [5.41, 5.74) is -0.0420. The lowest BCUT2D eigenvalue weighted by atomic mass is 10.4. The molecule has 0 atom stereocenters. The second-order valence-electron chi connectivity index (χ2n) is 2.86. The minimum absolute atomic E-state index is 0.0420. The summed E-state index contributed by atoms with van der Waals surface area (Å²) in [5, 5.41) is 17.2. The zero-order valence-corrected chi connectivity index (χ0v) is 9.05. The Bertz CT molecular complexity index is 527. The summed E-state index contributed by atoms with van der Waals surface area (Å²) in [7, 11) is 1.78. The zero-order chi connectivity index (χ0) is 11.5. The summed E-state index contributed by atoms with van der Waals surface area (Å²) in [6.07, 6.45) is 2.94. The highest BCUT2D eigenvalue weighted by molar-refractivity contribution is 7.99. The van der Waals surface area contributed by atoms with Gasteiger partial charge in [0.1, 0.15) is 6.33 Å². The number of rotatable bonds is 3. The fraction of sp³-hybridized carbons (Fsp3) is 0.125. The van der Waals surface area contributed by atoms with Crippen molar-refractivity contribution in [2.24, 2.45) is 7.05 Å². The van der Waals surface area contributed by atoms with E-state index in [1.165, 1.54) is 12.3 Å². The van der Waals surface area contributed by atoms with Crippen molar-refractivity contribution >= 4 is 17.7 Å². The average molecular weight is 237 g/mol. The first-order valence-electron chi connectivity index (χ1n) is 4.25. The molecule has 0 amide bonds. The Labute approximate surface area is 94.6 Å². The molecule has 1 N–H and O–H groups in total. The number of aromatic nitrogens is 5. The van der Waals surface area contributed by atoms with Crippen molar-refractivity contribution in [1.82, 2.24) is 24.7 Å². The van der Waals surface area contributed by atoms with Crippen LogP contribution in [0.3, 0.4) is 0 Å². The summed E-state index contributed by atoms with van der Waals surface area (Å²) < 4.78 is 1.70. The van der Waals surface area contributed by atoms with E-state index in [9.17, 15) is 4.79 Å². The molecule has 0 saturated heterocycles. The maximum absolute atomic E-state index is 10.7. The van der Waals surface area contributed by atoms with Gasteiger partial charge in [0.25, 0.3) is 0 Å². The van der Waals surface area contributed by atoms with Gasteiger partial charge in [0, 0.05) is 13.2 Å². The predicted octanol–water partition coefficient (Wildman–Crippen LogP) is 0.454. The molecule has 16 heavy (non-hydrogen) atoms. The van der Waals surface area contributed by atoms with Gasteiger partial charge in [-0.1, -0.05) is 0 Å². The van der Waals surface area contributed by atoms with Gasteiger partial charge in [0.05, 0.1) is 0 Å². The molecule has 0 aromatic carbocycles. The molecular weight excluding hydrogens is 230 g/mol. The van der Waals surface area contributed by atoms with Crippen molar-refractivity contribution in [1.29, 1.82) is 0 Å². The van der Waals surface area contributed by atoms with Crippen molar-refractivity contribution in [3.8, 4) is 0 Å². The van der Waals surface area contributed by atoms with E-state index < -0.39 is 5.97 Å². The van der Waals surface area contributed by atoms with Crippen LogP contribution in [-0.2, 0) is 7.05 Å². The highest BCUT2D eigenvalue weighted by Crippen LogP contribution is 2.20. The van der Waals surface area contributed by atoms with Gasteiger partial charge in [-0.15, -0.1) is 10.2 Å². The van der Waals surface area contributed by atoms with Gasteiger partial charge in [0.15, 0.2) is 16.0 Å². The molecule has 0 saturated carbocycles. The Kier molecular flexibility index (Phi) is 2.82. The Morgan fingerprint density at radius 2 is 2.38 bits per heavy atom. The maximum atomic E-state index is 10.7. The molecule has 0 unspecified atom stereocenters. The van der Waals surface area contributed by atoms with E-state index in [-0.39, 0.29) is 5.69 Å². The molecule has 0 bridgehead atoms. The minimum atomic E-state index is -1.08. The van der Waals surface area contributed by atoms with Gasteiger partial charge in [0.2, 0.25) is 0 Å². The molecular formula is C8H7N5O2S. The van der Waals surface area contributed by atoms with E-state index >= 15 is 0 Å². The summed E-state index contributed by atoms with van der Waals surface area (Å²) in [6.45, 7) is 0. The quantitative estimate of drug-likeness (QED) is 0.774. The van der Waals surface area contributed by atoms with E-state index in [2.05, 4.69) is 20.2 Å². The standard InChI is InChI=1S/C8H7N5O2S/c1-13-4-10-12-8(13)16-7-9-3-2-5(11-7)6(14)15/h2-4H,1H3,(H,14,15). The van der Waals surface area contributed by atoms with E-state index in [4.69, 9.17) is 5.11 Å². The zero-order valence-electron chi connectivity index (χ0n) is 8.23. The van der Waals surface area contributed by atoms with Crippen molar-refractivity contribution in [3.05, 3.63) is 24.3 Å². The summed E-state index contributed by atoms with van der Waals surface area (Å²) in [5.74, 6) is -1.08. The third-order valence-corrected chi connectivity index (χ3v) is 2.64. The Balaban J connectivity index is 2.25. The number of carboxylic acids is 1. The van der Waals surface area contributed by atoms with Crippen LogP contribution in [0.1, 0.15) is 10.5 Å². The van der Waals surface area contributed by atoms with Crippen LogP contribution in [0.4, 0.5) is 0 Å². The number of aryl methyl sites for hydroxylation is 1. The molecule has 7 nitrogen and oxygen atoms in total. The van der Waals surface area contributed by atoms with Crippen LogP contribution in [0.15, 0.2) is 28.9 Å². The van der Waals surface area contributed by atoms with Crippen LogP contribution in [0.5, 0.6) is 0 Å². The number of carbonyl (C=O) groups is 1. The van der Waals surface area contributed by atoms with Crippen molar-refractivity contribution < 1.29 is 9.90 Å². The first-order chi connectivity index (χ1) is 7.66. The molecule has 2 heterocycles. The summed E-state index contributed by atoms with van der Waals surface area (Å²) in [6, 6.07) is 1.34. The third kappa shape index (κ3) is 2.16. The lowest BCUT2D eigenvalue weighted by Crippen LogP contribution is -2.02. The molecule has 82 valence electrons. The topological polar surface area (TPSA) is 93.8 Å². The van der Waals surface area contributed by atoms with Crippen LogP contribution in [0, 0.1) is 0 Å². The summed E-state index contributed by atoms with van der Waals surface area (Å²) in [4.78, 5) is 18.5. The number of carboxylic acid groups (broad SMARTS) is 1. The molecule has 0 fully saturated rings. The lowest BCUT2D eigenvalue weighted by molar-refractivity contribution is 0.0689. The Hall–Kier alpha value is -1.96. The van der Waals surface area contributed by atoms with Crippen LogP contribution >= 0.6 is 11.8 Å². The van der Waals surface area contributed by atoms with E-state index in [1.54, 1.807) is 17.9 Å². The average Bonchev–Trinajstić information content (AvgIpc) is 2.65. The van der Waals surface area contributed by atoms with Crippen molar-refractivity contribution in [2.75, 3.05) is 0 Å². The minimum Gasteiger partial charge on any atom is -0.477 e. The molecule has 0 aliphatic rings. The van der Waals surface area contributed by atoms with Crippen molar-refractivity contribution in [2.45, 2.75) is 10.3 Å². The fourth-order valence-electron chi connectivity index (χ4n) is 0.956. The normalized spacial score (nSPS) is 10.3. The van der Waals surface area contributed by atoms with E-state index in [1.807, 2.05) is 0 Å². The van der Waals surface area contributed by atoms with Gasteiger partial charge in [-0.05, 0) is 17.8 Å². The number of nitrogens with zero attached hydrogens (tertiary/aromatic N) is 5. The van der Waals surface area contributed by atoms with Crippen LogP contribution in [0.2, 0.25) is 0 Å². The Morgan fingerprint density at radius 3 is 3.00 bits per heavy atom. The Morgan fingerprint density at radius 1 is 1.56 bits per heavy atom. The lowest BCUT2D eigenvalue weighted by Gasteiger charge is -1.99. The van der Waals surface area contributed by atoms with Gasteiger partial charge >= 0.3 is 5.97 Å². The maximum Gasteiger partial charge on any atom is 0.354 e. The van der Waals surface area contributed by atoms with Crippen LogP contribution in [-0.4, -0.2) is 35.8 Å². The molecule has 0 spiro atoms. The molecule has 0 radical (unpaired) electrons. The first-order valence-corrected chi connectivity index (χ1v) is 5.06. The summed E-state index contributed by atoms with van der Waals surface area (Å²) >= 11 is 1.16. The van der Waals surface area contributed by atoms with E-state index in [0.717, 1.165) is 11.8 Å².